The molecule has 0 aliphatic heterocycles. The van der Waals surface area contributed by atoms with Crippen LogP contribution in [-0.4, -0.2) is 43.8 Å². The minimum Gasteiger partial charge on any atom is -0.385 e. The zero-order valence-electron chi connectivity index (χ0n) is 11.4. The molecule has 0 heterocycles. The van der Waals surface area contributed by atoms with Gasteiger partial charge in [-0.05, 0) is 31.9 Å². The molecule has 4 N–H and O–H groups in total. The summed E-state index contributed by atoms with van der Waals surface area (Å²) in [6.45, 7) is 1.47. The lowest BCUT2D eigenvalue weighted by Gasteiger charge is -2.29. The van der Waals surface area contributed by atoms with Crippen molar-refractivity contribution in [2.45, 2.75) is 43.4 Å². The fourth-order valence-electron chi connectivity index (χ4n) is 2.22. The van der Waals surface area contributed by atoms with Crippen LogP contribution in [0.4, 0.5) is 0 Å². The smallest absolute Gasteiger partial charge is 0.205 e. The lowest BCUT2D eigenvalue weighted by atomic mass is 9.95. The van der Waals surface area contributed by atoms with Gasteiger partial charge in [-0.2, -0.15) is 11.8 Å². The molecule has 0 radical (unpaired) electrons. The molecule has 1 saturated carbocycles. The summed E-state index contributed by atoms with van der Waals surface area (Å²) < 4.78 is 4.99. The van der Waals surface area contributed by atoms with E-state index in [-0.39, 0.29) is 0 Å². The van der Waals surface area contributed by atoms with Crippen LogP contribution in [0.25, 0.3) is 0 Å². The number of hydrogen-bond acceptors (Lipinski definition) is 4. The van der Waals surface area contributed by atoms with E-state index in [0.29, 0.717) is 12.0 Å². The van der Waals surface area contributed by atoms with Crippen molar-refractivity contribution in [2.75, 3.05) is 26.5 Å². The van der Waals surface area contributed by atoms with E-state index in [2.05, 4.69) is 22.0 Å². The molecule has 1 aliphatic carbocycles. The summed E-state index contributed by atoms with van der Waals surface area (Å²) in [6.07, 6.45) is 8.12. The predicted octanol–water partition coefficient (Wildman–Crippen LogP) is 1.11. The van der Waals surface area contributed by atoms with Gasteiger partial charge in [0.25, 0.3) is 0 Å². The number of nitrogens with zero attached hydrogens (tertiary/aromatic N) is 1. The Hall–Kier alpha value is -0.460. The van der Waals surface area contributed by atoms with Gasteiger partial charge in [0.2, 0.25) is 5.96 Å². The molecule has 0 aromatic carbocycles. The van der Waals surface area contributed by atoms with E-state index in [0.717, 1.165) is 24.8 Å². The summed E-state index contributed by atoms with van der Waals surface area (Å²) in [6, 6.07) is 0.494. The standard InChI is InChI=1S/C12H26N4OS/c1-17-8-4-7-14-12(16-13)15-10-5-3-6-11(9-10)18-2/h10-11H,3-9,13H2,1-2H3,(H2,14,15,16). The summed E-state index contributed by atoms with van der Waals surface area (Å²) in [5, 5.41) is 4.17. The van der Waals surface area contributed by atoms with Gasteiger partial charge in [-0.25, -0.2) is 5.84 Å². The number of hydrazine groups is 1. The first-order valence-electron chi connectivity index (χ1n) is 6.59. The van der Waals surface area contributed by atoms with Crippen molar-refractivity contribution in [3.63, 3.8) is 0 Å². The maximum absolute atomic E-state index is 5.49. The van der Waals surface area contributed by atoms with Crippen molar-refractivity contribution in [1.29, 1.82) is 0 Å². The predicted molar refractivity (Wildman–Crippen MR) is 78.8 cm³/mol. The van der Waals surface area contributed by atoms with Crippen LogP contribution in [-0.2, 0) is 4.74 Å². The van der Waals surface area contributed by atoms with E-state index in [1.807, 2.05) is 11.8 Å². The van der Waals surface area contributed by atoms with Gasteiger partial charge >= 0.3 is 0 Å². The van der Waals surface area contributed by atoms with Crippen LogP contribution >= 0.6 is 11.8 Å². The van der Waals surface area contributed by atoms with Crippen LogP contribution < -0.4 is 16.6 Å². The zero-order chi connectivity index (χ0) is 13.2. The van der Waals surface area contributed by atoms with Gasteiger partial charge in [0.05, 0.1) is 0 Å². The summed E-state index contributed by atoms with van der Waals surface area (Å²) >= 11 is 1.96. The lowest BCUT2D eigenvalue weighted by Crippen LogP contribution is -2.48. The first-order chi connectivity index (χ1) is 8.80. The van der Waals surface area contributed by atoms with Crippen LogP contribution in [0.15, 0.2) is 4.99 Å². The monoisotopic (exact) mass is 274 g/mol. The topological polar surface area (TPSA) is 71.7 Å². The van der Waals surface area contributed by atoms with Crippen LogP contribution in [0.1, 0.15) is 32.1 Å². The molecule has 1 fully saturated rings. The van der Waals surface area contributed by atoms with Crippen molar-refractivity contribution in [3.05, 3.63) is 0 Å². The molecule has 1 aliphatic rings. The highest BCUT2D eigenvalue weighted by atomic mass is 32.2. The Balaban J connectivity index is 2.32. The SMILES string of the molecule is COCCCN=C(NN)NC1CCCC(SC)C1. The van der Waals surface area contributed by atoms with Crippen molar-refractivity contribution >= 4 is 17.7 Å². The summed E-state index contributed by atoms with van der Waals surface area (Å²) in [7, 11) is 1.70. The molecular formula is C12H26N4OS. The van der Waals surface area contributed by atoms with Gasteiger partial charge < -0.3 is 10.1 Å². The Morgan fingerprint density at radius 1 is 1.50 bits per heavy atom. The number of methoxy groups -OCH3 is 1. The molecule has 1 rings (SSSR count). The Morgan fingerprint density at radius 3 is 3.00 bits per heavy atom. The molecule has 6 heteroatoms. The molecule has 106 valence electrons. The van der Waals surface area contributed by atoms with E-state index < -0.39 is 0 Å². The second kappa shape index (κ2) is 9.47. The molecule has 0 bridgehead atoms. The first-order valence-corrected chi connectivity index (χ1v) is 7.88. The van der Waals surface area contributed by atoms with E-state index in [4.69, 9.17) is 10.6 Å². The largest absolute Gasteiger partial charge is 0.385 e. The fraction of sp³-hybridized carbons (Fsp3) is 0.917. The number of rotatable bonds is 6. The van der Waals surface area contributed by atoms with E-state index >= 15 is 0 Å². The van der Waals surface area contributed by atoms with E-state index in [1.54, 1.807) is 7.11 Å². The number of thioether (sulfide) groups is 1. The highest BCUT2D eigenvalue weighted by Gasteiger charge is 2.21. The van der Waals surface area contributed by atoms with Crippen LogP contribution in [0.3, 0.4) is 0 Å². The molecule has 0 saturated heterocycles. The minimum atomic E-state index is 0.494. The van der Waals surface area contributed by atoms with E-state index in [1.165, 1.54) is 25.7 Å². The van der Waals surface area contributed by atoms with Gasteiger partial charge in [-0.1, -0.05) is 6.42 Å². The molecule has 0 aromatic rings. The quantitative estimate of drug-likeness (QED) is 0.222. The van der Waals surface area contributed by atoms with Gasteiger partial charge in [-0.3, -0.25) is 10.4 Å². The molecular weight excluding hydrogens is 248 g/mol. The van der Waals surface area contributed by atoms with Crippen LogP contribution in [0.5, 0.6) is 0 Å². The van der Waals surface area contributed by atoms with Crippen molar-refractivity contribution in [1.82, 2.24) is 10.7 Å². The number of aliphatic imine (C=N–C) groups is 1. The number of ether oxygens (including phenoxy) is 1. The molecule has 5 nitrogen and oxygen atoms in total. The van der Waals surface area contributed by atoms with Gasteiger partial charge in [0, 0.05) is 31.6 Å². The Kier molecular flexibility index (Phi) is 8.20. The normalized spacial score (nSPS) is 24.9. The third-order valence-electron chi connectivity index (χ3n) is 3.21. The van der Waals surface area contributed by atoms with Gasteiger partial charge in [0.15, 0.2) is 0 Å². The van der Waals surface area contributed by atoms with Crippen LogP contribution in [0.2, 0.25) is 0 Å². The Labute approximate surface area is 114 Å². The number of hydrogen-bond donors (Lipinski definition) is 3. The number of nitrogens with one attached hydrogen (secondary N) is 2. The number of nitrogens with two attached hydrogens (primary N) is 1. The maximum atomic E-state index is 5.49. The maximum Gasteiger partial charge on any atom is 0.205 e. The Bertz CT molecular complexity index is 250. The molecule has 0 amide bonds. The average molecular weight is 274 g/mol. The molecule has 18 heavy (non-hydrogen) atoms. The van der Waals surface area contributed by atoms with Gasteiger partial charge in [-0.15, -0.1) is 0 Å². The highest BCUT2D eigenvalue weighted by molar-refractivity contribution is 7.99. The molecule has 0 aromatic heterocycles. The highest BCUT2D eigenvalue weighted by Crippen LogP contribution is 2.26. The average Bonchev–Trinajstić information content (AvgIpc) is 2.42. The second-order valence-electron chi connectivity index (χ2n) is 4.59. The third-order valence-corrected chi connectivity index (χ3v) is 4.31. The third kappa shape index (κ3) is 5.93. The number of guanidine groups is 1. The molecule has 2 atom stereocenters. The van der Waals surface area contributed by atoms with Crippen LogP contribution in [0, 0.1) is 0 Å². The van der Waals surface area contributed by atoms with E-state index in [9.17, 15) is 0 Å². The molecule has 2 unspecified atom stereocenters. The van der Waals surface area contributed by atoms with Gasteiger partial charge in [0.1, 0.15) is 0 Å². The first kappa shape index (κ1) is 15.6. The Morgan fingerprint density at radius 2 is 2.33 bits per heavy atom. The van der Waals surface area contributed by atoms with Crippen molar-refractivity contribution in [2.24, 2.45) is 10.8 Å². The van der Waals surface area contributed by atoms with Crippen molar-refractivity contribution < 1.29 is 4.74 Å². The van der Waals surface area contributed by atoms with Crippen molar-refractivity contribution in [3.8, 4) is 0 Å². The molecule has 0 spiro atoms. The zero-order valence-corrected chi connectivity index (χ0v) is 12.3. The summed E-state index contributed by atoms with van der Waals surface area (Å²) in [5.41, 5.74) is 2.65. The second-order valence-corrected chi connectivity index (χ2v) is 5.72. The summed E-state index contributed by atoms with van der Waals surface area (Å²) in [5.74, 6) is 6.20. The minimum absolute atomic E-state index is 0.494. The lowest BCUT2D eigenvalue weighted by molar-refractivity contribution is 0.197. The fourth-order valence-corrected chi connectivity index (χ4v) is 3.04. The summed E-state index contributed by atoms with van der Waals surface area (Å²) in [4.78, 5) is 4.41.